The first kappa shape index (κ1) is 11.7. The molecule has 0 saturated carbocycles. The SMILES string of the molecule is CCCOc1cccc(OC(F)(F)F)c1. The maximum absolute atomic E-state index is 11.9. The summed E-state index contributed by atoms with van der Waals surface area (Å²) >= 11 is 0. The number of benzene rings is 1. The van der Waals surface area contributed by atoms with Crippen molar-refractivity contribution in [3.05, 3.63) is 24.3 Å². The van der Waals surface area contributed by atoms with Crippen LogP contribution in [0.1, 0.15) is 13.3 Å². The van der Waals surface area contributed by atoms with E-state index in [-0.39, 0.29) is 5.75 Å². The highest BCUT2D eigenvalue weighted by Crippen LogP contribution is 2.25. The third-order valence-electron chi connectivity index (χ3n) is 1.51. The second-order valence-corrected chi connectivity index (χ2v) is 2.87. The molecule has 0 amide bonds. The van der Waals surface area contributed by atoms with Crippen molar-refractivity contribution in [1.82, 2.24) is 0 Å². The molecule has 0 atom stereocenters. The highest BCUT2D eigenvalue weighted by atomic mass is 19.4. The lowest BCUT2D eigenvalue weighted by Gasteiger charge is -2.10. The molecule has 0 saturated heterocycles. The summed E-state index contributed by atoms with van der Waals surface area (Å²) in [5, 5.41) is 0. The summed E-state index contributed by atoms with van der Waals surface area (Å²) in [5.74, 6) is 0.106. The fourth-order valence-corrected chi connectivity index (χ4v) is 0.981. The van der Waals surface area contributed by atoms with Crippen LogP contribution in [-0.2, 0) is 0 Å². The van der Waals surface area contributed by atoms with Gasteiger partial charge in [-0.25, -0.2) is 0 Å². The molecule has 0 radical (unpaired) electrons. The number of hydrogen-bond acceptors (Lipinski definition) is 2. The van der Waals surface area contributed by atoms with Crippen molar-refractivity contribution in [2.45, 2.75) is 19.7 Å². The molecule has 2 nitrogen and oxygen atoms in total. The van der Waals surface area contributed by atoms with Crippen LogP contribution in [-0.4, -0.2) is 13.0 Å². The number of ether oxygens (including phenoxy) is 2. The molecule has 0 fully saturated rings. The summed E-state index contributed by atoms with van der Waals surface area (Å²) in [6.07, 6.45) is -3.87. The third kappa shape index (κ3) is 4.58. The molecule has 0 aliphatic rings. The molecule has 0 aromatic heterocycles. The predicted molar refractivity (Wildman–Crippen MR) is 48.9 cm³/mol. The Balaban J connectivity index is 2.66. The third-order valence-corrected chi connectivity index (χ3v) is 1.51. The molecule has 0 heterocycles. The van der Waals surface area contributed by atoms with Crippen LogP contribution in [0.3, 0.4) is 0 Å². The highest BCUT2D eigenvalue weighted by molar-refractivity contribution is 5.32. The van der Waals surface area contributed by atoms with E-state index in [9.17, 15) is 13.2 Å². The van der Waals surface area contributed by atoms with E-state index in [1.165, 1.54) is 18.2 Å². The lowest BCUT2D eigenvalue weighted by Crippen LogP contribution is -2.17. The fraction of sp³-hybridized carbons (Fsp3) is 0.400. The van der Waals surface area contributed by atoms with Crippen LogP contribution in [0, 0.1) is 0 Å². The maximum Gasteiger partial charge on any atom is 0.573 e. The van der Waals surface area contributed by atoms with Gasteiger partial charge >= 0.3 is 6.36 Å². The van der Waals surface area contributed by atoms with Crippen LogP contribution in [0.4, 0.5) is 13.2 Å². The van der Waals surface area contributed by atoms with Gasteiger partial charge in [-0.1, -0.05) is 13.0 Å². The lowest BCUT2D eigenvalue weighted by atomic mass is 10.3. The molecule has 0 unspecified atom stereocenters. The monoisotopic (exact) mass is 220 g/mol. The van der Waals surface area contributed by atoms with Crippen LogP contribution < -0.4 is 9.47 Å². The molecule has 0 aliphatic carbocycles. The normalized spacial score (nSPS) is 11.2. The predicted octanol–water partition coefficient (Wildman–Crippen LogP) is 3.37. The van der Waals surface area contributed by atoms with Crippen molar-refractivity contribution >= 4 is 0 Å². The number of hydrogen-bond donors (Lipinski definition) is 0. The van der Waals surface area contributed by atoms with E-state index in [0.29, 0.717) is 12.4 Å². The molecule has 0 bridgehead atoms. The second-order valence-electron chi connectivity index (χ2n) is 2.87. The van der Waals surface area contributed by atoms with Crippen molar-refractivity contribution in [2.24, 2.45) is 0 Å². The van der Waals surface area contributed by atoms with Gasteiger partial charge in [-0.3, -0.25) is 0 Å². The molecule has 84 valence electrons. The smallest absolute Gasteiger partial charge is 0.493 e. The Morgan fingerprint density at radius 2 is 1.87 bits per heavy atom. The van der Waals surface area contributed by atoms with Crippen molar-refractivity contribution in [3.8, 4) is 11.5 Å². The molecular weight excluding hydrogens is 209 g/mol. The standard InChI is InChI=1S/C10H11F3O2/c1-2-6-14-8-4-3-5-9(7-8)15-10(11,12)13/h3-5,7H,2,6H2,1H3. The van der Waals surface area contributed by atoms with Gasteiger partial charge in [0.15, 0.2) is 0 Å². The van der Waals surface area contributed by atoms with Crippen LogP contribution >= 0.6 is 0 Å². The average Bonchev–Trinajstić information content (AvgIpc) is 2.12. The van der Waals surface area contributed by atoms with E-state index >= 15 is 0 Å². The summed E-state index contributed by atoms with van der Waals surface area (Å²) in [6, 6.07) is 5.47. The van der Waals surface area contributed by atoms with Crippen molar-refractivity contribution in [1.29, 1.82) is 0 Å². The molecule has 15 heavy (non-hydrogen) atoms. The molecular formula is C10H11F3O2. The van der Waals surface area contributed by atoms with Gasteiger partial charge in [-0.2, -0.15) is 0 Å². The first-order chi connectivity index (χ1) is 7.01. The van der Waals surface area contributed by atoms with Gasteiger partial charge in [0.2, 0.25) is 0 Å². The Morgan fingerprint density at radius 1 is 1.20 bits per heavy atom. The fourth-order valence-electron chi connectivity index (χ4n) is 0.981. The average molecular weight is 220 g/mol. The summed E-state index contributed by atoms with van der Waals surface area (Å²) in [5.41, 5.74) is 0. The van der Waals surface area contributed by atoms with Crippen molar-refractivity contribution < 1.29 is 22.6 Å². The maximum atomic E-state index is 11.9. The Morgan fingerprint density at radius 3 is 2.47 bits per heavy atom. The summed E-state index contributed by atoms with van der Waals surface area (Å²) in [4.78, 5) is 0. The second kappa shape index (κ2) is 4.91. The van der Waals surface area contributed by atoms with E-state index in [0.717, 1.165) is 6.42 Å². The van der Waals surface area contributed by atoms with E-state index in [1.807, 2.05) is 6.92 Å². The highest BCUT2D eigenvalue weighted by Gasteiger charge is 2.31. The molecule has 0 aliphatic heterocycles. The van der Waals surface area contributed by atoms with Gasteiger partial charge < -0.3 is 9.47 Å². The Labute approximate surface area is 85.6 Å². The molecule has 0 spiro atoms. The van der Waals surface area contributed by atoms with E-state index in [2.05, 4.69) is 4.74 Å². The molecule has 1 aromatic rings. The van der Waals surface area contributed by atoms with Crippen molar-refractivity contribution in [2.75, 3.05) is 6.61 Å². The summed E-state index contributed by atoms with van der Waals surface area (Å²) in [7, 11) is 0. The zero-order valence-corrected chi connectivity index (χ0v) is 8.17. The minimum Gasteiger partial charge on any atom is -0.493 e. The van der Waals surface area contributed by atoms with Crippen LogP contribution in [0.2, 0.25) is 0 Å². The van der Waals surface area contributed by atoms with Gasteiger partial charge in [0.25, 0.3) is 0 Å². The van der Waals surface area contributed by atoms with Gasteiger partial charge in [0.1, 0.15) is 11.5 Å². The summed E-state index contributed by atoms with van der Waals surface area (Å²) in [6.45, 7) is 2.38. The Kier molecular flexibility index (Phi) is 3.82. The zero-order chi connectivity index (χ0) is 11.3. The minimum atomic E-state index is -4.66. The van der Waals surface area contributed by atoms with Gasteiger partial charge in [0, 0.05) is 6.07 Å². The number of alkyl halides is 3. The zero-order valence-electron chi connectivity index (χ0n) is 8.17. The van der Waals surface area contributed by atoms with E-state index in [4.69, 9.17) is 4.74 Å². The van der Waals surface area contributed by atoms with Gasteiger partial charge in [-0.15, -0.1) is 13.2 Å². The van der Waals surface area contributed by atoms with Crippen LogP contribution in [0.15, 0.2) is 24.3 Å². The first-order valence-electron chi connectivity index (χ1n) is 4.50. The molecule has 1 aromatic carbocycles. The molecule has 5 heteroatoms. The van der Waals surface area contributed by atoms with Crippen molar-refractivity contribution in [3.63, 3.8) is 0 Å². The lowest BCUT2D eigenvalue weighted by molar-refractivity contribution is -0.274. The number of halogens is 3. The van der Waals surface area contributed by atoms with Gasteiger partial charge in [0.05, 0.1) is 6.61 Å². The van der Waals surface area contributed by atoms with E-state index in [1.54, 1.807) is 6.07 Å². The van der Waals surface area contributed by atoms with Gasteiger partial charge in [-0.05, 0) is 18.6 Å². The van der Waals surface area contributed by atoms with E-state index < -0.39 is 6.36 Å². The quantitative estimate of drug-likeness (QED) is 0.774. The first-order valence-corrected chi connectivity index (χ1v) is 4.50. The van der Waals surface area contributed by atoms with Crippen LogP contribution in [0.5, 0.6) is 11.5 Å². The topological polar surface area (TPSA) is 18.5 Å². The number of rotatable bonds is 4. The Bertz CT molecular complexity index is 310. The van der Waals surface area contributed by atoms with Crippen LogP contribution in [0.25, 0.3) is 0 Å². The Hall–Kier alpha value is -1.39. The molecule has 0 N–H and O–H groups in total. The minimum absolute atomic E-state index is 0.267. The largest absolute Gasteiger partial charge is 0.573 e. The summed E-state index contributed by atoms with van der Waals surface area (Å²) < 4.78 is 44.5. The molecule has 1 rings (SSSR count).